The summed E-state index contributed by atoms with van der Waals surface area (Å²) in [5.74, 6) is -0.296. The molecule has 134 valence electrons. The van der Waals surface area contributed by atoms with E-state index in [1.165, 1.54) is 10.9 Å². The largest absolute Gasteiger partial charge is 0.506 e. The van der Waals surface area contributed by atoms with Gasteiger partial charge in [-0.2, -0.15) is 0 Å². The molecule has 0 saturated heterocycles. The van der Waals surface area contributed by atoms with E-state index in [1.807, 2.05) is 0 Å². The van der Waals surface area contributed by atoms with Crippen LogP contribution in [0.4, 0.5) is 5.00 Å². The fourth-order valence-electron chi connectivity index (χ4n) is 3.04. The number of carbonyl (C=O) groups excluding carboxylic acids is 1. The average molecular weight is 400 g/mol. The van der Waals surface area contributed by atoms with E-state index in [-0.39, 0.29) is 16.7 Å². The lowest BCUT2D eigenvalue weighted by atomic mass is 9.95. The number of hydrogen-bond acceptors (Lipinski definition) is 5. The van der Waals surface area contributed by atoms with E-state index >= 15 is 0 Å². The monoisotopic (exact) mass is 399 g/mol. The Bertz CT molecular complexity index is 804. The number of benzene rings is 1. The normalized spacial score (nSPS) is 13.4. The highest BCUT2D eigenvalue weighted by Crippen LogP contribution is 2.39. The van der Waals surface area contributed by atoms with Gasteiger partial charge in [0.1, 0.15) is 10.8 Å². The number of phenols is 1. The molecule has 0 atom stereocenters. The van der Waals surface area contributed by atoms with E-state index in [4.69, 9.17) is 27.9 Å². The molecule has 0 amide bonds. The van der Waals surface area contributed by atoms with Gasteiger partial charge in [0.05, 0.1) is 17.2 Å². The highest BCUT2D eigenvalue weighted by Gasteiger charge is 2.26. The maximum Gasteiger partial charge on any atom is 0.341 e. The lowest BCUT2D eigenvalue weighted by molar-refractivity contribution is 0.0526. The number of phenolic OH excluding ortho intramolecular Hbond substituents is 1. The Morgan fingerprint density at radius 3 is 2.84 bits per heavy atom. The van der Waals surface area contributed by atoms with E-state index in [9.17, 15) is 9.90 Å². The zero-order valence-electron chi connectivity index (χ0n) is 13.8. The Balaban J connectivity index is 1.90. The lowest BCUT2D eigenvalue weighted by Gasteiger charge is -2.13. The van der Waals surface area contributed by atoms with Gasteiger partial charge in [-0.15, -0.1) is 11.3 Å². The molecular formula is C18H19Cl2NO3S. The van der Waals surface area contributed by atoms with Crippen molar-refractivity contribution < 1.29 is 14.6 Å². The number of aryl methyl sites for hydroxylation is 1. The summed E-state index contributed by atoms with van der Waals surface area (Å²) in [6, 6.07) is 3.16. The molecule has 1 aliphatic rings. The first-order valence-electron chi connectivity index (χ1n) is 8.23. The summed E-state index contributed by atoms with van der Waals surface area (Å²) in [5, 5.41) is 14.8. The topological polar surface area (TPSA) is 58.6 Å². The van der Waals surface area contributed by atoms with Crippen molar-refractivity contribution in [2.24, 2.45) is 0 Å². The van der Waals surface area contributed by atoms with Crippen LogP contribution in [0.25, 0.3) is 0 Å². The molecule has 0 saturated carbocycles. The Morgan fingerprint density at radius 1 is 1.32 bits per heavy atom. The summed E-state index contributed by atoms with van der Waals surface area (Å²) < 4.78 is 5.24. The molecule has 1 heterocycles. The number of carbonyl (C=O) groups is 1. The Morgan fingerprint density at radius 2 is 2.08 bits per heavy atom. The van der Waals surface area contributed by atoms with Crippen molar-refractivity contribution in [2.45, 2.75) is 39.2 Å². The molecule has 0 bridgehead atoms. The maximum atomic E-state index is 12.4. The molecular weight excluding hydrogens is 381 g/mol. The first-order valence-corrected chi connectivity index (χ1v) is 9.81. The van der Waals surface area contributed by atoms with Crippen LogP contribution >= 0.6 is 34.5 Å². The minimum Gasteiger partial charge on any atom is -0.506 e. The van der Waals surface area contributed by atoms with Crippen LogP contribution in [0.3, 0.4) is 0 Å². The number of aromatic hydroxyl groups is 1. The van der Waals surface area contributed by atoms with Crippen LogP contribution < -0.4 is 5.32 Å². The predicted molar refractivity (Wildman–Crippen MR) is 102 cm³/mol. The zero-order chi connectivity index (χ0) is 18.0. The van der Waals surface area contributed by atoms with Gasteiger partial charge in [0.25, 0.3) is 0 Å². The summed E-state index contributed by atoms with van der Waals surface area (Å²) >= 11 is 13.6. The maximum absolute atomic E-state index is 12.4. The van der Waals surface area contributed by atoms with Crippen LogP contribution in [-0.4, -0.2) is 17.7 Å². The SMILES string of the molecule is CCOC(=O)c1c(NCc2cc(Cl)cc(Cl)c2O)sc2c1CCCC2. The van der Waals surface area contributed by atoms with E-state index in [2.05, 4.69) is 5.32 Å². The van der Waals surface area contributed by atoms with Gasteiger partial charge in [0, 0.05) is 22.0 Å². The first-order chi connectivity index (χ1) is 12.0. The molecule has 0 fully saturated rings. The number of esters is 1. The van der Waals surface area contributed by atoms with Gasteiger partial charge in [0.2, 0.25) is 0 Å². The number of thiophene rings is 1. The zero-order valence-corrected chi connectivity index (χ0v) is 16.2. The standard InChI is InChI=1S/C18H19Cl2NO3S/c1-2-24-18(23)15-12-5-3-4-6-14(12)25-17(15)21-9-10-7-11(19)8-13(20)16(10)22/h7-8,21-22H,2-6,9H2,1H3. The minimum absolute atomic E-state index is 0.00225. The molecule has 2 aromatic rings. The Hall–Kier alpha value is -1.43. The van der Waals surface area contributed by atoms with E-state index in [0.29, 0.717) is 29.3 Å². The van der Waals surface area contributed by atoms with E-state index in [0.717, 1.165) is 36.2 Å². The summed E-state index contributed by atoms with van der Waals surface area (Å²) in [4.78, 5) is 13.7. The number of halogens is 2. The van der Waals surface area contributed by atoms with Gasteiger partial charge in [-0.05, 0) is 50.3 Å². The van der Waals surface area contributed by atoms with Crippen molar-refractivity contribution in [3.05, 3.63) is 43.7 Å². The number of nitrogens with one attached hydrogen (secondary N) is 1. The van der Waals surface area contributed by atoms with Gasteiger partial charge >= 0.3 is 5.97 Å². The van der Waals surface area contributed by atoms with Crippen LogP contribution in [-0.2, 0) is 24.1 Å². The highest BCUT2D eigenvalue weighted by atomic mass is 35.5. The van der Waals surface area contributed by atoms with Crippen LogP contribution in [0.2, 0.25) is 10.0 Å². The van der Waals surface area contributed by atoms with Gasteiger partial charge < -0.3 is 15.2 Å². The Labute approximate surface area is 160 Å². The third kappa shape index (κ3) is 3.89. The second kappa shape index (κ2) is 7.85. The molecule has 2 N–H and O–H groups in total. The summed E-state index contributed by atoms with van der Waals surface area (Å²) in [5.41, 5.74) is 2.32. The first kappa shape index (κ1) is 18.4. The van der Waals surface area contributed by atoms with Crippen molar-refractivity contribution in [2.75, 3.05) is 11.9 Å². The third-order valence-corrected chi connectivity index (χ3v) is 5.95. The fourth-order valence-corrected chi connectivity index (χ4v) is 4.85. The van der Waals surface area contributed by atoms with Crippen LogP contribution in [0.15, 0.2) is 12.1 Å². The van der Waals surface area contributed by atoms with Crippen LogP contribution in [0.1, 0.15) is 46.1 Å². The number of ether oxygens (including phenoxy) is 1. The van der Waals surface area contributed by atoms with Gasteiger partial charge in [-0.25, -0.2) is 4.79 Å². The van der Waals surface area contributed by atoms with Crippen LogP contribution in [0, 0.1) is 0 Å². The summed E-state index contributed by atoms with van der Waals surface area (Å²) in [6.07, 6.45) is 4.11. The van der Waals surface area contributed by atoms with Gasteiger partial charge in [-0.3, -0.25) is 0 Å². The molecule has 3 rings (SSSR count). The molecule has 1 aromatic heterocycles. The molecule has 7 heteroatoms. The molecule has 25 heavy (non-hydrogen) atoms. The summed E-state index contributed by atoms with van der Waals surface area (Å²) in [6.45, 7) is 2.46. The molecule has 4 nitrogen and oxygen atoms in total. The van der Waals surface area contributed by atoms with Crippen molar-refractivity contribution >= 4 is 45.5 Å². The molecule has 0 spiro atoms. The third-order valence-electron chi connectivity index (χ3n) is 4.20. The van der Waals surface area contributed by atoms with Gasteiger partial charge in [-0.1, -0.05) is 23.2 Å². The fraction of sp³-hybridized carbons (Fsp3) is 0.389. The highest BCUT2D eigenvalue weighted by molar-refractivity contribution is 7.16. The van der Waals surface area contributed by atoms with E-state index < -0.39 is 0 Å². The van der Waals surface area contributed by atoms with Crippen molar-refractivity contribution in [3.8, 4) is 5.75 Å². The van der Waals surface area contributed by atoms with Crippen molar-refractivity contribution in [1.29, 1.82) is 0 Å². The van der Waals surface area contributed by atoms with Gasteiger partial charge in [0.15, 0.2) is 0 Å². The molecule has 0 aliphatic heterocycles. The molecule has 0 unspecified atom stereocenters. The lowest BCUT2D eigenvalue weighted by Crippen LogP contribution is -2.11. The second-order valence-electron chi connectivity index (χ2n) is 5.88. The Kier molecular flexibility index (Phi) is 5.77. The minimum atomic E-state index is -0.294. The summed E-state index contributed by atoms with van der Waals surface area (Å²) in [7, 11) is 0. The quantitative estimate of drug-likeness (QED) is 0.658. The van der Waals surface area contributed by atoms with Crippen LogP contribution in [0.5, 0.6) is 5.75 Å². The number of anilines is 1. The molecule has 1 aromatic carbocycles. The molecule has 0 radical (unpaired) electrons. The van der Waals surface area contributed by atoms with Crippen molar-refractivity contribution in [3.63, 3.8) is 0 Å². The molecule has 1 aliphatic carbocycles. The van der Waals surface area contributed by atoms with E-state index in [1.54, 1.807) is 24.3 Å². The smallest absolute Gasteiger partial charge is 0.341 e. The number of hydrogen-bond donors (Lipinski definition) is 2. The van der Waals surface area contributed by atoms with Crippen molar-refractivity contribution in [1.82, 2.24) is 0 Å². The second-order valence-corrected chi connectivity index (χ2v) is 7.83. The number of rotatable bonds is 5. The average Bonchev–Trinajstić information content (AvgIpc) is 2.95. The predicted octanol–water partition coefficient (Wildman–Crippen LogP) is 5.43. The number of fused-ring (bicyclic) bond motifs is 1.